The summed E-state index contributed by atoms with van der Waals surface area (Å²) < 4.78 is 21.6. The molecule has 0 unspecified atom stereocenters. The highest BCUT2D eigenvalue weighted by Crippen LogP contribution is 2.32. The van der Waals surface area contributed by atoms with Gasteiger partial charge >= 0.3 is 0 Å². The SMILES string of the molecule is COc1ccc(CCN(C)CCCN2C=Cc3cc(OC)c(OC)cc3CC2)cc1OC. The Bertz CT molecular complexity index is 913. The number of hydrogen-bond donors (Lipinski definition) is 0. The molecule has 2 aromatic carbocycles. The fourth-order valence-electron chi connectivity index (χ4n) is 4.03. The summed E-state index contributed by atoms with van der Waals surface area (Å²) >= 11 is 0. The molecule has 0 aliphatic carbocycles. The fourth-order valence-corrected chi connectivity index (χ4v) is 4.03. The average Bonchev–Trinajstić information content (AvgIpc) is 3.03. The Morgan fingerprint density at radius 1 is 0.844 bits per heavy atom. The van der Waals surface area contributed by atoms with Gasteiger partial charge in [-0.3, -0.25) is 0 Å². The van der Waals surface area contributed by atoms with Gasteiger partial charge in [-0.25, -0.2) is 0 Å². The lowest BCUT2D eigenvalue weighted by Gasteiger charge is -2.22. The van der Waals surface area contributed by atoms with E-state index in [1.165, 1.54) is 16.7 Å². The maximum Gasteiger partial charge on any atom is 0.161 e. The average molecular weight is 441 g/mol. The first-order chi connectivity index (χ1) is 15.6. The van der Waals surface area contributed by atoms with Crippen molar-refractivity contribution in [2.24, 2.45) is 0 Å². The Labute approximate surface area is 192 Å². The molecule has 6 nitrogen and oxygen atoms in total. The van der Waals surface area contributed by atoms with Gasteiger partial charge in [0, 0.05) is 19.6 Å². The Kier molecular flexibility index (Phi) is 8.68. The molecule has 6 heteroatoms. The van der Waals surface area contributed by atoms with Crippen molar-refractivity contribution in [2.75, 3.05) is 61.7 Å². The minimum atomic E-state index is 0.772. The molecule has 0 aromatic heterocycles. The highest BCUT2D eigenvalue weighted by Gasteiger charge is 2.14. The summed E-state index contributed by atoms with van der Waals surface area (Å²) in [5.74, 6) is 3.13. The quantitative estimate of drug-likeness (QED) is 0.524. The fraction of sp³-hybridized carbons (Fsp3) is 0.462. The second-order valence-corrected chi connectivity index (χ2v) is 8.10. The number of benzene rings is 2. The Balaban J connectivity index is 1.45. The van der Waals surface area contributed by atoms with Crippen LogP contribution in [-0.2, 0) is 12.8 Å². The van der Waals surface area contributed by atoms with Gasteiger partial charge < -0.3 is 28.7 Å². The van der Waals surface area contributed by atoms with E-state index >= 15 is 0 Å². The summed E-state index contributed by atoms with van der Waals surface area (Å²) in [6.07, 6.45) is 7.50. The van der Waals surface area contributed by atoms with Gasteiger partial charge in [-0.05, 0) is 86.1 Å². The normalized spacial score (nSPS) is 13.0. The minimum absolute atomic E-state index is 0.772. The molecule has 0 spiro atoms. The van der Waals surface area contributed by atoms with Crippen LogP contribution in [0.25, 0.3) is 6.08 Å². The zero-order valence-electron chi connectivity index (χ0n) is 20.0. The van der Waals surface area contributed by atoms with Crippen LogP contribution in [0.5, 0.6) is 23.0 Å². The van der Waals surface area contributed by atoms with E-state index < -0.39 is 0 Å². The zero-order chi connectivity index (χ0) is 22.9. The van der Waals surface area contributed by atoms with Crippen molar-refractivity contribution in [3.8, 4) is 23.0 Å². The van der Waals surface area contributed by atoms with Crippen molar-refractivity contribution in [3.05, 3.63) is 53.2 Å². The zero-order valence-corrected chi connectivity index (χ0v) is 20.0. The van der Waals surface area contributed by atoms with Crippen LogP contribution in [-0.4, -0.2) is 71.5 Å². The molecule has 1 aliphatic rings. The van der Waals surface area contributed by atoms with E-state index in [4.69, 9.17) is 18.9 Å². The lowest BCUT2D eigenvalue weighted by atomic mass is 10.0. The molecule has 3 rings (SSSR count). The largest absolute Gasteiger partial charge is 0.493 e. The molecule has 1 aliphatic heterocycles. The van der Waals surface area contributed by atoms with Gasteiger partial charge in [-0.2, -0.15) is 0 Å². The number of methoxy groups -OCH3 is 4. The van der Waals surface area contributed by atoms with Gasteiger partial charge in [-0.1, -0.05) is 6.07 Å². The van der Waals surface area contributed by atoms with Gasteiger partial charge in [-0.15, -0.1) is 0 Å². The number of nitrogens with zero attached hydrogens (tertiary/aromatic N) is 2. The minimum Gasteiger partial charge on any atom is -0.493 e. The van der Waals surface area contributed by atoms with E-state index in [0.29, 0.717) is 0 Å². The van der Waals surface area contributed by atoms with Crippen LogP contribution in [0.15, 0.2) is 36.5 Å². The second-order valence-electron chi connectivity index (χ2n) is 8.10. The maximum absolute atomic E-state index is 5.46. The Morgan fingerprint density at radius 3 is 2.25 bits per heavy atom. The van der Waals surface area contributed by atoms with Crippen molar-refractivity contribution in [1.82, 2.24) is 9.80 Å². The molecular weight excluding hydrogens is 404 g/mol. The van der Waals surface area contributed by atoms with Crippen molar-refractivity contribution in [3.63, 3.8) is 0 Å². The van der Waals surface area contributed by atoms with Crippen molar-refractivity contribution in [1.29, 1.82) is 0 Å². The van der Waals surface area contributed by atoms with Crippen LogP contribution in [0.2, 0.25) is 0 Å². The van der Waals surface area contributed by atoms with E-state index in [1.54, 1.807) is 28.4 Å². The molecule has 0 bridgehead atoms. The van der Waals surface area contributed by atoms with Crippen molar-refractivity contribution < 1.29 is 18.9 Å². The summed E-state index contributed by atoms with van der Waals surface area (Å²) in [7, 11) is 8.89. The Morgan fingerprint density at radius 2 is 1.53 bits per heavy atom. The molecule has 0 radical (unpaired) electrons. The molecular formula is C26H36N2O4. The third-order valence-electron chi connectivity index (χ3n) is 5.99. The smallest absolute Gasteiger partial charge is 0.161 e. The van der Waals surface area contributed by atoms with Crippen LogP contribution in [0.4, 0.5) is 0 Å². The predicted octanol–water partition coefficient (Wildman–Crippen LogP) is 4.11. The predicted molar refractivity (Wildman–Crippen MR) is 129 cm³/mol. The third kappa shape index (κ3) is 6.10. The number of hydrogen-bond acceptors (Lipinski definition) is 6. The first-order valence-corrected chi connectivity index (χ1v) is 11.1. The molecule has 0 saturated heterocycles. The molecule has 0 N–H and O–H groups in total. The lowest BCUT2D eigenvalue weighted by Crippen LogP contribution is -2.27. The van der Waals surface area contributed by atoms with Crippen LogP contribution in [0.1, 0.15) is 23.1 Å². The standard InChI is InChI=1S/C26H36N2O4/c1-27(14-9-20-7-8-23(29-2)24(17-20)30-3)12-6-13-28-15-10-21-18-25(31-4)26(32-5)19-22(21)11-16-28/h7-8,10,15,17-19H,6,9,11-14,16H2,1-5H3. The monoisotopic (exact) mass is 440 g/mol. The van der Waals surface area contributed by atoms with E-state index in [9.17, 15) is 0 Å². The molecule has 0 saturated carbocycles. The highest BCUT2D eigenvalue weighted by atomic mass is 16.5. The highest BCUT2D eigenvalue weighted by molar-refractivity contribution is 5.61. The van der Waals surface area contributed by atoms with Gasteiger partial charge in [0.1, 0.15) is 0 Å². The molecule has 174 valence electrons. The molecule has 2 aromatic rings. The number of fused-ring (bicyclic) bond motifs is 1. The summed E-state index contributed by atoms with van der Waals surface area (Å²) in [6, 6.07) is 10.3. The number of rotatable bonds is 11. The van der Waals surface area contributed by atoms with E-state index in [0.717, 1.165) is 68.4 Å². The number of ether oxygens (including phenoxy) is 4. The molecule has 1 heterocycles. The first kappa shape index (κ1) is 23.8. The van der Waals surface area contributed by atoms with E-state index in [-0.39, 0.29) is 0 Å². The second kappa shape index (κ2) is 11.7. The van der Waals surface area contributed by atoms with E-state index in [1.807, 2.05) is 6.07 Å². The lowest BCUT2D eigenvalue weighted by molar-refractivity contribution is 0.298. The summed E-state index contributed by atoms with van der Waals surface area (Å²) in [5, 5.41) is 0. The summed E-state index contributed by atoms with van der Waals surface area (Å²) in [4.78, 5) is 4.80. The van der Waals surface area contributed by atoms with Crippen molar-refractivity contribution >= 4 is 6.08 Å². The van der Waals surface area contributed by atoms with Crippen LogP contribution in [0.3, 0.4) is 0 Å². The van der Waals surface area contributed by atoms with Gasteiger partial charge in [0.05, 0.1) is 28.4 Å². The summed E-state index contributed by atoms with van der Waals surface area (Å²) in [6.45, 7) is 4.12. The van der Waals surface area contributed by atoms with Crippen LogP contribution < -0.4 is 18.9 Å². The topological polar surface area (TPSA) is 43.4 Å². The molecule has 0 atom stereocenters. The summed E-state index contributed by atoms with van der Waals surface area (Å²) in [5.41, 5.74) is 3.76. The molecule has 32 heavy (non-hydrogen) atoms. The van der Waals surface area contributed by atoms with Gasteiger partial charge in [0.25, 0.3) is 0 Å². The third-order valence-corrected chi connectivity index (χ3v) is 5.99. The van der Waals surface area contributed by atoms with Gasteiger partial charge in [0.2, 0.25) is 0 Å². The first-order valence-electron chi connectivity index (χ1n) is 11.1. The number of likely N-dealkylation sites (N-methyl/N-ethyl adjacent to an activating group) is 1. The van der Waals surface area contributed by atoms with Crippen molar-refractivity contribution in [2.45, 2.75) is 19.3 Å². The van der Waals surface area contributed by atoms with E-state index in [2.05, 4.69) is 53.4 Å². The van der Waals surface area contributed by atoms with Gasteiger partial charge in [0.15, 0.2) is 23.0 Å². The maximum atomic E-state index is 5.46. The molecule has 0 fully saturated rings. The van der Waals surface area contributed by atoms with Crippen LogP contribution in [0, 0.1) is 0 Å². The van der Waals surface area contributed by atoms with Crippen LogP contribution >= 0.6 is 0 Å². The Hall–Kier alpha value is -2.86. The molecule has 0 amide bonds.